The predicted molar refractivity (Wildman–Crippen MR) is 103 cm³/mol. The SMILES string of the molecule is COC(=O)NCCCN/C(=C(/C)C(=N)C(C)NC1CC1)c1ncccc1F. The van der Waals surface area contributed by atoms with E-state index >= 15 is 0 Å². The Morgan fingerprint density at radius 3 is 2.74 bits per heavy atom. The first kappa shape index (κ1) is 20.8. The van der Waals surface area contributed by atoms with Crippen molar-refractivity contribution < 1.29 is 13.9 Å². The molecular weight excluding hydrogens is 349 g/mol. The summed E-state index contributed by atoms with van der Waals surface area (Å²) in [6.45, 7) is 4.66. The topological polar surface area (TPSA) is 99.1 Å². The number of nitrogens with one attached hydrogen (secondary N) is 4. The van der Waals surface area contributed by atoms with E-state index in [1.165, 1.54) is 25.4 Å². The van der Waals surface area contributed by atoms with Crippen molar-refractivity contribution in [3.8, 4) is 0 Å². The molecule has 1 heterocycles. The first-order chi connectivity index (χ1) is 12.9. The molecule has 0 bridgehead atoms. The van der Waals surface area contributed by atoms with E-state index in [9.17, 15) is 9.18 Å². The van der Waals surface area contributed by atoms with E-state index in [0.29, 0.717) is 42.5 Å². The first-order valence-electron chi connectivity index (χ1n) is 9.16. The molecule has 148 valence electrons. The molecule has 0 radical (unpaired) electrons. The van der Waals surface area contributed by atoms with Crippen molar-refractivity contribution >= 4 is 17.5 Å². The summed E-state index contributed by atoms with van der Waals surface area (Å²) in [6, 6.07) is 3.24. The van der Waals surface area contributed by atoms with Crippen LogP contribution in [0.4, 0.5) is 9.18 Å². The van der Waals surface area contributed by atoms with E-state index in [0.717, 1.165) is 12.8 Å². The Balaban J connectivity index is 2.10. The Kier molecular flexibility index (Phi) is 7.72. The molecule has 0 aromatic carbocycles. The minimum absolute atomic E-state index is 0.123. The third kappa shape index (κ3) is 6.32. The van der Waals surface area contributed by atoms with Crippen LogP contribution in [-0.2, 0) is 4.74 Å². The molecule has 1 amide bonds. The molecule has 8 heteroatoms. The lowest BCUT2D eigenvalue weighted by Crippen LogP contribution is -2.36. The zero-order valence-electron chi connectivity index (χ0n) is 16.1. The molecule has 2 rings (SSSR count). The molecule has 1 aliphatic carbocycles. The highest BCUT2D eigenvalue weighted by molar-refractivity contribution is 6.06. The number of aromatic nitrogens is 1. The highest BCUT2D eigenvalue weighted by atomic mass is 19.1. The molecule has 4 N–H and O–H groups in total. The number of pyridine rings is 1. The fourth-order valence-electron chi connectivity index (χ4n) is 2.67. The number of amides is 1. The number of hydrogen-bond acceptors (Lipinski definition) is 6. The van der Waals surface area contributed by atoms with Gasteiger partial charge in [0.1, 0.15) is 5.69 Å². The summed E-state index contributed by atoms with van der Waals surface area (Å²) >= 11 is 0. The van der Waals surface area contributed by atoms with Gasteiger partial charge in [-0.15, -0.1) is 0 Å². The lowest BCUT2D eigenvalue weighted by Gasteiger charge is -2.20. The molecule has 7 nitrogen and oxygen atoms in total. The summed E-state index contributed by atoms with van der Waals surface area (Å²) in [5.41, 5.74) is 1.75. The molecule has 0 aliphatic heterocycles. The van der Waals surface area contributed by atoms with Crippen molar-refractivity contribution in [3.63, 3.8) is 0 Å². The number of carbonyl (C=O) groups excluding carboxylic acids is 1. The van der Waals surface area contributed by atoms with Crippen LogP contribution in [0.2, 0.25) is 0 Å². The summed E-state index contributed by atoms with van der Waals surface area (Å²) < 4.78 is 18.8. The van der Waals surface area contributed by atoms with Gasteiger partial charge >= 0.3 is 6.09 Å². The molecule has 1 atom stereocenters. The predicted octanol–water partition coefficient (Wildman–Crippen LogP) is 2.45. The van der Waals surface area contributed by atoms with Gasteiger partial charge in [0.05, 0.1) is 18.5 Å². The summed E-state index contributed by atoms with van der Waals surface area (Å²) in [7, 11) is 1.31. The van der Waals surface area contributed by atoms with Gasteiger partial charge in [-0.3, -0.25) is 4.98 Å². The van der Waals surface area contributed by atoms with Crippen molar-refractivity contribution in [1.29, 1.82) is 5.41 Å². The Morgan fingerprint density at radius 1 is 1.41 bits per heavy atom. The standard InChI is InChI=1S/C19H28FN5O2/c1-12(16(21)13(2)25-14-7-8-14)17(18-15(20)6-4-9-23-18)22-10-5-11-24-19(26)27-3/h4,6,9,13-14,21-22,25H,5,7-8,10-11H2,1-3H3,(H,24,26)/b17-12-,21-16?. The number of carbonyl (C=O) groups is 1. The van der Waals surface area contributed by atoms with Gasteiger partial charge in [0.25, 0.3) is 0 Å². The third-order valence-corrected chi connectivity index (χ3v) is 4.38. The van der Waals surface area contributed by atoms with Crippen LogP contribution in [0.15, 0.2) is 23.9 Å². The number of nitrogens with zero attached hydrogens (tertiary/aromatic N) is 1. The average molecular weight is 377 g/mol. The van der Waals surface area contributed by atoms with Gasteiger partial charge in [-0.25, -0.2) is 9.18 Å². The third-order valence-electron chi connectivity index (χ3n) is 4.38. The maximum Gasteiger partial charge on any atom is 0.406 e. The normalized spacial score (nSPS) is 15.6. The number of methoxy groups -OCH3 is 1. The molecule has 1 aromatic heterocycles. The number of rotatable bonds is 10. The largest absolute Gasteiger partial charge is 0.453 e. The highest BCUT2D eigenvalue weighted by Gasteiger charge is 2.26. The van der Waals surface area contributed by atoms with E-state index in [4.69, 9.17) is 5.41 Å². The van der Waals surface area contributed by atoms with Crippen LogP contribution >= 0.6 is 0 Å². The summed E-state index contributed by atoms with van der Waals surface area (Å²) in [6.07, 6.45) is 3.92. The Bertz CT molecular complexity index is 703. The Labute approximate surface area is 159 Å². The van der Waals surface area contributed by atoms with E-state index in [2.05, 4.69) is 25.7 Å². The average Bonchev–Trinajstić information content (AvgIpc) is 3.48. The van der Waals surface area contributed by atoms with E-state index < -0.39 is 11.9 Å². The van der Waals surface area contributed by atoms with Crippen molar-refractivity contribution in [2.45, 2.75) is 45.2 Å². The minimum Gasteiger partial charge on any atom is -0.453 e. The van der Waals surface area contributed by atoms with Crippen molar-refractivity contribution in [1.82, 2.24) is 20.9 Å². The van der Waals surface area contributed by atoms with Gasteiger partial charge in [-0.1, -0.05) is 0 Å². The van der Waals surface area contributed by atoms with Crippen LogP contribution in [0.25, 0.3) is 5.70 Å². The highest BCUT2D eigenvalue weighted by Crippen LogP contribution is 2.22. The molecule has 1 aromatic rings. The smallest absolute Gasteiger partial charge is 0.406 e. The zero-order chi connectivity index (χ0) is 19.8. The van der Waals surface area contributed by atoms with Crippen LogP contribution in [-0.4, -0.2) is 49.1 Å². The van der Waals surface area contributed by atoms with Crippen LogP contribution < -0.4 is 16.0 Å². The molecule has 1 fully saturated rings. The number of halogens is 1. The van der Waals surface area contributed by atoms with Crippen molar-refractivity contribution in [3.05, 3.63) is 35.4 Å². The van der Waals surface area contributed by atoms with Gasteiger partial charge in [0.2, 0.25) is 0 Å². The molecule has 1 aliphatic rings. The van der Waals surface area contributed by atoms with Gasteiger partial charge in [-0.2, -0.15) is 0 Å². The van der Waals surface area contributed by atoms with Crippen molar-refractivity contribution in [2.24, 2.45) is 0 Å². The van der Waals surface area contributed by atoms with E-state index in [-0.39, 0.29) is 11.7 Å². The molecule has 0 saturated heterocycles. The second-order valence-corrected chi connectivity index (χ2v) is 6.61. The maximum absolute atomic E-state index is 14.3. The summed E-state index contributed by atoms with van der Waals surface area (Å²) in [4.78, 5) is 15.2. The lowest BCUT2D eigenvalue weighted by molar-refractivity contribution is 0.171. The van der Waals surface area contributed by atoms with Crippen LogP contribution in [0.1, 0.15) is 38.8 Å². The molecule has 1 saturated carbocycles. The van der Waals surface area contributed by atoms with Crippen molar-refractivity contribution in [2.75, 3.05) is 20.2 Å². The zero-order valence-corrected chi connectivity index (χ0v) is 16.1. The quantitative estimate of drug-likeness (QED) is 0.371. The second kappa shape index (κ2) is 10.0. The first-order valence-corrected chi connectivity index (χ1v) is 9.16. The van der Waals surface area contributed by atoms with Crippen LogP contribution in [0.5, 0.6) is 0 Å². The van der Waals surface area contributed by atoms with E-state index in [1.807, 2.05) is 6.92 Å². The number of alkyl carbamates (subject to hydrolysis) is 1. The van der Waals surface area contributed by atoms with Gasteiger partial charge in [0, 0.05) is 31.4 Å². The molecule has 0 spiro atoms. The Hall–Kier alpha value is -2.48. The maximum atomic E-state index is 14.3. The van der Waals surface area contributed by atoms with Gasteiger partial charge in [-0.05, 0) is 50.8 Å². The van der Waals surface area contributed by atoms with Gasteiger partial charge < -0.3 is 26.1 Å². The fraction of sp³-hybridized carbons (Fsp3) is 0.526. The number of hydrogen-bond donors (Lipinski definition) is 4. The number of ether oxygens (including phenoxy) is 1. The second-order valence-electron chi connectivity index (χ2n) is 6.61. The molecule has 27 heavy (non-hydrogen) atoms. The molecule has 1 unspecified atom stereocenters. The minimum atomic E-state index is -0.487. The fourth-order valence-corrected chi connectivity index (χ4v) is 2.67. The van der Waals surface area contributed by atoms with E-state index in [1.54, 1.807) is 6.92 Å². The van der Waals surface area contributed by atoms with Crippen LogP contribution in [0, 0.1) is 11.2 Å². The van der Waals surface area contributed by atoms with Crippen LogP contribution in [0.3, 0.4) is 0 Å². The lowest BCUT2D eigenvalue weighted by atomic mass is 10.0. The summed E-state index contributed by atoms with van der Waals surface area (Å²) in [5.74, 6) is -0.442. The Morgan fingerprint density at radius 2 is 2.11 bits per heavy atom. The summed E-state index contributed by atoms with van der Waals surface area (Å²) in [5, 5.41) is 17.7. The van der Waals surface area contributed by atoms with Gasteiger partial charge in [0.15, 0.2) is 5.82 Å². The monoisotopic (exact) mass is 377 g/mol. The molecular formula is C19H28FN5O2.